The van der Waals surface area contributed by atoms with E-state index in [0.717, 1.165) is 12.0 Å². The topological polar surface area (TPSA) is 56.8 Å². The summed E-state index contributed by atoms with van der Waals surface area (Å²) >= 11 is 0. The van der Waals surface area contributed by atoms with Crippen molar-refractivity contribution in [2.75, 3.05) is 21.3 Å². The number of rotatable bonds is 8. The monoisotopic (exact) mass is 371 g/mol. The van der Waals surface area contributed by atoms with Gasteiger partial charge in [-0.15, -0.1) is 0 Å². The number of benzene rings is 2. The molecule has 146 valence electrons. The van der Waals surface area contributed by atoms with E-state index in [1.54, 1.807) is 12.1 Å². The maximum Gasteiger partial charge on any atom is 0.252 e. The van der Waals surface area contributed by atoms with Crippen LogP contribution in [0.25, 0.3) is 0 Å². The van der Waals surface area contributed by atoms with Gasteiger partial charge in [0.2, 0.25) is 5.75 Å². The van der Waals surface area contributed by atoms with E-state index in [-0.39, 0.29) is 17.9 Å². The van der Waals surface area contributed by atoms with Gasteiger partial charge in [0.05, 0.1) is 27.4 Å². The van der Waals surface area contributed by atoms with Crippen molar-refractivity contribution >= 4 is 5.91 Å². The Bertz CT molecular complexity index is 743. The summed E-state index contributed by atoms with van der Waals surface area (Å²) in [4.78, 5) is 12.9. The van der Waals surface area contributed by atoms with E-state index in [0.29, 0.717) is 22.8 Å². The fourth-order valence-electron chi connectivity index (χ4n) is 3.03. The molecule has 0 bridgehead atoms. The third-order valence-electron chi connectivity index (χ3n) is 4.63. The van der Waals surface area contributed by atoms with Gasteiger partial charge in [0.15, 0.2) is 11.5 Å². The minimum atomic E-state index is -0.187. The molecule has 0 saturated heterocycles. The zero-order valence-corrected chi connectivity index (χ0v) is 17.0. The highest BCUT2D eigenvalue weighted by Gasteiger charge is 2.22. The van der Waals surface area contributed by atoms with Crippen LogP contribution < -0.4 is 19.5 Å². The van der Waals surface area contributed by atoms with Gasteiger partial charge in [0.1, 0.15) is 0 Å². The molecule has 0 aromatic heterocycles. The quantitative estimate of drug-likeness (QED) is 0.747. The molecular formula is C22H29NO4. The Morgan fingerprint density at radius 2 is 1.52 bits per heavy atom. The van der Waals surface area contributed by atoms with Crippen molar-refractivity contribution in [1.29, 1.82) is 0 Å². The maximum atomic E-state index is 12.9. The molecular weight excluding hydrogens is 342 g/mol. The first-order valence-corrected chi connectivity index (χ1v) is 9.14. The van der Waals surface area contributed by atoms with Gasteiger partial charge in [0.25, 0.3) is 5.91 Å². The van der Waals surface area contributed by atoms with Crippen LogP contribution in [0.4, 0.5) is 0 Å². The Morgan fingerprint density at radius 1 is 0.963 bits per heavy atom. The number of amides is 1. The Kier molecular flexibility index (Phi) is 7.11. The predicted octanol–water partition coefficient (Wildman–Crippen LogP) is 4.40. The van der Waals surface area contributed by atoms with Gasteiger partial charge in [-0.25, -0.2) is 0 Å². The highest BCUT2D eigenvalue weighted by Crippen LogP contribution is 2.38. The molecule has 5 nitrogen and oxygen atoms in total. The van der Waals surface area contributed by atoms with Gasteiger partial charge in [-0.05, 0) is 35.6 Å². The van der Waals surface area contributed by atoms with Crippen LogP contribution in [0, 0.1) is 5.92 Å². The fraction of sp³-hybridized carbons (Fsp3) is 0.409. The lowest BCUT2D eigenvalue weighted by Gasteiger charge is -2.24. The highest BCUT2D eigenvalue weighted by molar-refractivity contribution is 5.96. The minimum absolute atomic E-state index is 0.0949. The molecule has 0 heterocycles. The summed E-state index contributed by atoms with van der Waals surface area (Å²) in [6.07, 6.45) is 0.990. The van der Waals surface area contributed by atoms with Gasteiger partial charge in [-0.2, -0.15) is 0 Å². The fourth-order valence-corrected chi connectivity index (χ4v) is 3.03. The lowest BCUT2D eigenvalue weighted by Crippen LogP contribution is -2.31. The minimum Gasteiger partial charge on any atom is -0.493 e. The summed E-state index contributed by atoms with van der Waals surface area (Å²) in [5, 5.41) is 3.14. The van der Waals surface area contributed by atoms with Crippen molar-refractivity contribution in [3.63, 3.8) is 0 Å². The average Bonchev–Trinajstić information content (AvgIpc) is 2.70. The Balaban J connectivity index is 2.32. The summed E-state index contributed by atoms with van der Waals surface area (Å²) in [5.74, 6) is 1.42. The maximum absolute atomic E-state index is 12.9. The molecule has 0 spiro atoms. The van der Waals surface area contributed by atoms with Crippen molar-refractivity contribution in [1.82, 2.24) is 5.32 Å². The highest BCUT2D eigenvalue weighted by atomic mass is 16.5. The second-order valence-electron chi connectivity index (χ2n) is 6.70. The van der Waals surface area contributed by atoms with Crippen molar-refractivity contribution in [3.05, 3.63) is 53.1 Å². The van der Waals surface area contributed by atoms with Crippen molar-refractivity contribution < 1.29 is 19.0 Å². The van der Waals surface area contributed by atoms with Gasteiger partial charge in [-0.1, -0.05) is 45.0 Å². The zero-order chi connectivity index (χ0) is 20.0. The molecule has 1 amide bonds. The molecule has 1 atom stereocenters. The number of hydrogen-bond donors (Lipinski definition) is 1. The predicted molar refractivity (Wildman–Crippen MR) is 107 cm³/mol. The molecule has 2 aromatic rings. The number of hydrogen-bond acceptors (Lipinski definition) is 4. The molecule has 0 aliphatic heterocycles. The van der Waals surface area contributed by atoms with Crippen molar-refractivity contribution in [3.8, 4) is 17.2 Å². The van der Waals surface area contributed by atoms with E-state index in [1.165, 1.54) is 26.9 Å². The molecule has 0 aliphatic rings. The summed E-state index contributed by atoms with van der Waals surface area (Å²) in [7, 11) is 4.60. The smallest absolute Gasteiger partial charge is 0.252 e. The van der Waals surface area contributed by atoms with Gasteiger partial charge >= 0.3 is 0 Å². The molecule has 0 fully saturated rings. The van der Waals surface area contributed by atoms with E-state index in [2.05, 4.69) is 50.4 Å². The number of ether oxygens (including phenoxy) is 3. The molecule has 2 aromatic carbocycles. The standard InChI is InChI=1S/C22H29NO4/c1-7-15-8-10-16(11-9-15)20(14(2)3)23-22(24)17-12-18(25-4)21(27-6)19(13-17)26-5/h8-14,20H,7H2,1-6H3,(H,23,24). The average molecular weight is 371 g/mol. The second kappa shape index (κ2) is 9.31. The van der Waals surface area contributed by atoms with Crippen LogP contribution in [0.1, 0.15) is 48.3 Å². The first-order chi connectivity index (χ1) is 12.9. The SMILES string of the molecule is CCc1ccc(C(NC(=O)c2cc(OC)c(OC)c(OC)c2)C(C)C)cc1. The Hall–Kier alpha value is -2.69. The lowest BCUT2D eigenvalue weighted by molar-refractivity contribution is 0.0924. The second-order valence-corrected chi connectivity index (χ2v) is 6.70. The van der Waals surface area contributed by atoms with E-state index in [4.69, 9.17) is 14.2 Å². The zero-order valence-electron chi connectivity index (χ0n) is 17.0. The number of carbonyl (C=O) groups is 1. The molecule has 27 heavy (non-hydrogen) atoms. The number of nitrogens with one attached hydrogen (secondary N) is 1. The molecule has 1 unspecified atom stereocenters. The van der Waals surface area contributed by atoms with E-state index in [1.807, 2.05) is 0 Å². The van der Waals surface area contributed by atoms with Gasteiger partial charge < -0.3 is 19.5 Å². The molecule has 0 saturated carbocycles. The van der Waals surface area contributed by atoms with Crippen LogP contribution >= 0.6 is 0 Å². The molecule has 5 heteroatoms. The van der Waals surface area contributed by atoms with E-state index >= 15 is 0 Å². The summed E-state index contributed by atoms with van der Waals surface area (Å²) in [6, 6.07) is 11.6. The van der Waals surface area contributed by atoms with Crippen molar-refractivity contribution in [2.24, 2.45) is 5.92 Å². The van der Waals surface area contributed by atoms with Crippen LogP contribution in [-0.2, 0) is 6.42 Å². The van der Waals surface area contributed by atoms with Crippen LogP contribution in [0.5, 0.6) is 17.2 Å². The summed E-state index contributed by atoms with van der Waals surface area (Å²) in [5.41, 5.74) is 2.82. The van der Waals surface area contributed by atoms with E-state index in [9.17, 15) is 4.79 Å². The van der Waals surface area contributed by atoms with Crippen LogP contribution in [0.2, 0.25) is 0 Å². The van der Waals surface area contributed by atoms with Crippen molar-refractivity contribution in [2.45, 2.75) is 33.2 Å². The lowest BCUT2D eigenvalue weighted by atomic mass is 9.94. The number of carbonyl (C=O) groups excluding carboxylic acids is 1. The van der Waals surface area contributed by atoms with Gasteiger partial charge in [-0.3, -0.25) is 4.79 Å². The molecule has 0 radical (unpaired) electrons. The number of methoxy groups -OCH3 is 3. The normalized spacial score (nSPS) is 11.8. The first-order valence-electron chi connectivity index (χ1n) is 9.14. The number of aryl methyl sites for hydroxylation is 1. The third kappa shape index (κ3) is 4.73. The van der Waals surface area contributed by atoms with Gasteiger partial charge in [0, 0.05) is 5.56 Å². The molecule has 1 N–H and O–H groups in total. The van der Waals surface area contributed by atoms with Crippen LogP contribution in [0.3, 0.4) is 0 Å². The largest absolute Gasteiger partial charge is 0.493 e. The van der Waals surface area contributed by atoms with Crippen LogP contribution in [0.15, 0.2) is 36.4 Å². The van der Waals surface area contributed by atoms with E-state index < -0.39 is 0 Å². The van der Waals surface area contributed by atoms with Crippen LogP contribution in [-0.4, -0.2) is 27.2 Å². The first kappa shape index (κ1) is 20.6. The summed E-state index contributed by atoms with van der Waals surface area (Å²) < 4.78 is 16.0. The third-order valence-corrected chi connectivity index (χ3v) is 4.63. The Labute approximate surface area is 161 Å². The molecule has 0 aliphatic carbocycles. The molecule has 2 rings (SSSR count). The Morgan fingerprint density at radius 3 is 1.93 bits per heavy atom. The summed E-state index contributed by atoms with van der Waals surface area (Å²) in [6.45, 7) is 6.31.